The van der Waals surface area contributed by atoms with Crippen LogP contribution in [0.1, 0.15) is 24.4 Å². The third-order valence-electron chi connectivity index (χ3n) is 5.16. The molecule has 1 N–H and O–H groups in total. The lowest BCUT2D eigenvalue weighted by Gasteiger charge is -2.23. The molecule has 1 atom stereocenters. The minimum absolute atomic E-state index is 0.0748. The summed E-state index contributed by atoms with van der Waals surface area (Å²) < 4.78 is 10.8. The molecule has 0 aromatic heterocycles. The maximum absolute atomic E-state index is 13.2. The summed E-state index contributed by atoms with van der Waals surface area (Å²) in [5, 5.41) is 10.5. The van der Waals surface area contributed by atoms with Crippen molar-refractivity contribution in [2.75, 3.05) is 11.7 Å². The first-order valence-electron chi connectivity index (χ1n) is 8.90. The van der Waals surface area contributed by atoms with E-state index in [4.69, 9.17) is 9.47 Å². The van der Waals surface area contributed by atoms with Gasteiger partial charge in [-0.2, -0.15) is 0 Å². The smallest absolute Gasteiger partial charge is 0.266 e. The van der Waals surface area contributed by atoms with Gasteiger partial charge in [0.2, 0.25) is 6.79 Å². The number of anilines is 1. The van der Waals surface area contributed by atoms with E-state index in [0.29, 0.717) is 22.7 Å². The Balaban J connectivity index is 1.65. The second-order valence-corrected chi connectivity index (χ2v) is 6.92. The normalized spacial score (nSPS) is 23.1. The molecule has 2 aliphatic heterocycles. The van der Waals surface area contributed by atoms with Crippen molar-refractivity contribution in [3.63, 3.8) is 0 Å². The van der Waals surface area contributed by atoms with Crippen LogP contribution in [0, 0.1) is 5.92 Å². The van der Waals surface area contributed by atoms with Crippen molar-refractivity contribution < 1.29 is 24.2 Å². The molecule has 136 valence electrons. The topological polar surface area (TPSA) is 76.1 Å². The third-order valence-corrected chi connectivity index (χ3v) is 5.16. The van der Waals surface area contributed by atoms with Gasteiger partial charge in [-0.3, -0.25) is 14.5 Å². The molecule has 6 nitrogen and oxygen atoms in total. The molecule has 27 heavy (non-hydrogen) atoms. The summed E-state index contributed by atoms with van der Waals surface area (Å²) in [5.74, 6) is 0.133. The van der Waals surface area contributed by atoms with Crippen molar-refractivity contribution in [2.24, 2.45) is 5.92 Å². The number of carbonyl (C=O) groups excluding carboxylic acids is 2. The molecule has 2 aromatic carbocycles. The van der Waals surface area contributed by atoms with Crippen molar-refractivity contribution in [3.05, 3.63) is 65.4 Å². The summed E-state index contributed by atoms with van der Waals surface area (Å²) in [7, 11) is 0. The van der Waals surface area contributed by atoms with Gasteiger partial charge in [-0.1, -0.05) is 30.3 Å². The number of ketones is 1. The number of aliphatic hydroxyl groups excluding tert-OH is 1. The van der Waals surface area contributed by atoms with Gasteiger partial charge in [-0.25, -0.2) is 0 Å². The number of rotatable bonds is 3. The van der Waals surface area contributed by atoms with Crippen molar-refractivity contribution in [1.29, 1.82) is 0 Å². The number of hydrogen-bond donors (Lipinski definition) is 1. The Morgan fingerprint density at radius 1 is 1.00 bits per heavy atom. The lowest BCUT2D eigenvalue weighted by molar-refractivity contribution is -0.117. The average molecular weight is 363 g/mol. The summed E-state index contributed by atoms with van der Waals surface area (Å²) >= 11 is 0. The molecule has 0 bridgehead atoms. The zero-order valence-corrected chi connectivity index (χ0v) is 14.4. The van der Waals surface area contributed by atoms with E-state index in [9.17, 15) is 14.7 Å². The zero-order chi connectivity index (χ0) is 18.5. The number of benzene rings is 2. The van der Waals surface area contributed by atoms with Crippen LogP contribution in [0.4, 0.5) is 5.69 Å². The molecule has 2 heterocycles. The van der Waals surface area contributed by atoms with Crippen LogP contribution in [0.5, 0.6) is 11.5 Å². The van der Waals surface area contributed by atoms with Crippen LogP contribution in [-0.2, 0) is 9.59 Å². The molecule has 0 radical (unpaired) electrons. The number of ether oxygens (including phenoxy) is 2. The Morgan fingerprint density at radius 3 is 2.48 bits per heavy atom. The fourth-order valence-electron chi connectivity index (χ4n) is 3.63. The Morgan fingerprint density at radius 2 is 1.74 bits per heavy atom. The predicted molar refractivity (Wildman–Crippen MR) is 96.6 cm³/mol. The predicted octanol–water partition coefficient (Wildman–Crippen LogP) is 3.29. The molecule has 1 aliphatic carbocycles. The van der Waals surface area contributed by atoms with E-state index in [1.807, 2.05) is 30.3 Å². The van der Waals surface area contributed by atoms with Gasteiger partial charge in [0.15, 0.2) is 17.3 Å². The van der Waals surface area contributed by atoms with Crippen LogP contribution < -0.4 is 14.4 Å². The van der Waals surface area contributed by atoms with Crippen molar-refractivity contribution in [1.82, 2.24) is 0 Å². The Hall–Kier alpha value is -3.28. The SMILES string of the molecule is O=C1C(=C(O)C2CC2)C(=O)N(c2ccc3c(c2)OCO3)C1c1ccccc1. The van der Waals surface area contributed by atoms with Gasteiger partial charge in [-0.15, -0.1) is 0 Å². The molecule has 1 saturated heterocycles. The highest BCUT2D eigenvalue weighted by Crippen LogP contribution is 2.45. The fraction of sp³-hybridized carbons (Fsp3) is 0.238. The summed E-state index contributed by atoms with van der Waals surface area (Å²) in [4.78, 5) is 27.8. The first-order chi connectivity index (χ1) is 13.1. The molecule has 1 amide bonds. The van der Waals surface area contributed by atoms with Gasteiger partial charge < -0.3 is 14.6 Å². The fourth-order valence-corrected chi connectivity index (χ4v) is 3.63. The monoisotopic (exact) mass is 363 g/mol. The highest BCUT2D eigenvalue weighted by molar-refractivity contribution is 6.33. The molecule has 6 heteroatoms. The Labute approximate surface area is 155 Å². The number of fused-ring (bicyclic) bond motifs is 1. The molecule has 0 spiro atoms. The molecular weight excluding hydrogens is 346 g/mol. The zero-order valence-electron chi connectivity index (χ0n) is 14.4. The Bertz CT molecular complexity index is 977. The van der Waals surface area contributed by atoms with Gasteiger partial charge in [0.1, 0.15) is 17.4 Å². The van der Waals surface area contributed by atoms with Crippen molar-refractivity contribution in [3.8, 4) is 11.5 Å². The lowest BCUT2D eigenvalue weighted by atomic mass is 10.00. The molecule has 1 saturated carbocycles. The van der Waals surface area contributed by atoms with Crippen LogP contribution in [-0.4, -0.2) is 23.6 Å². The summed E-state index contributed by atoms with van der Waals surface area (Å²) in [6, 6.07) is 13.5. The van der Waals surface area contributed by atoms with E-state index >= 15 is 0 Å². The molecule has 3 aliphatic rings. The maximum atomic E-state index is 13.2. The number of aliphatic hydroxyl groups is 1. The van der Waals surface area contributed by atoms with Crippen LogP contribution in [0.3, 0.4) is 0 Å². The highest BCUT2D eigenvalue weighted by Gasteiger charge is 2.48. The van der Waals surface area contributed by atoms with E-state index in [1.165, 1.54) is 4.90 Å². The molecule has 2 aromatic rings. The van der Waals surface area contributed by atoms with Gasteiger partial charge >= 0.3 is 0 Å². The summed E-state index contributed by atoms with van der Waals surface area (Å²) in [5.41, 5.74) is 1.14. The average Bonchev–Trinajstić information content (AvgIpc) is 3.37. The van der Waals surface area contributed by atoms with E-state index in [0.717, 1.165) is 12.8 Å². The number of nitrogens with zero attached hydrogens (tertiary/aromatic N) is 1. The quantitative estimate of drug-likeness (QED) is 0.514. The van der Waals surface area contributed by atoms with Crippen LogP contribution in [0.2, 0.25) is 0 Å². The van der Waals surface area contributed by atoms with Gasteiger partial charge in [-0.05, 0) is 30.5 Å². The minimum Gasteiger partial charge on any atom is -0.511 e. The van der Waals surface area contributed by atoms with Crippen LogP contribution >= 0.6 is 0 Å². The first-order valence-corrected chi connectivity index (χ1v) is 8.90. The first kappa shape index (κ1) is 15.9. The number of carbonyl (C=O) groups is 2. The number of amides is 1. The van der Waals surface area contributed by atoms with Crippen LogP contribution in [0.25, 0.3) is 0 Å². The third kappa shape index (κ3) is 2.48. The minimum atomic E-state index is -0.810. The summed E-state index contributed by atoms with van der Waals surface area (Å²) in [6.45, 7) is 0.126. The summed E-state index contributed by atoms with van der Waals surface area (Å²) in [6.07, 6.45) is 1.60. The number of hydrogen-bond acceptors (Lipinski definition) is 5. The van der Waals surface area contributed by atoms with Gasteiger partial charge in [0.05, 0.1) is 0 Å². The van der Waals surface area contributed by atoms with E-state index in [2.05, 4.69) is 0 Å². The van der Waals surface area contributed by atoms with Crippen molar-refractivity contribution in [2.45, 2.75) is 18.9 Å². The molecule has 5 rings (SSSR count). The Kier molecular flexibility index (Phi) is 3.47. The molecule has 2 fully saturated rings. The second-order valence-electron chi connectivity index (χ2n) is 6.92. The standard InChI is InChI=1S/C21H17NO5/c23-19(13-6-7-13)17-20(24)18(12-4-2-1-3-5-12)22(21(17)25)14-8-9-15-16(10-14)27-11-26-15/h1-5,8-10,13,18,23H,6-7,11H2. The van der Waals surface area contributed by atoms with E-state index < -0.39 is 11.9 Å². The van der Waals surface area contributed by atoms with Crippen LogP contribution in [0.15, 0.2) is 59.9 Å². The van der Waals surface area contributed by atoms with Gasteiger partial charge in [0.25, 0.3) is 5.91 Å². The van der Waals surface area contributed by atoms with Crippen molar-refractivity contribution >= 4 is 17.4 Å². The molecular formula is C21H17NO5. The molecule has 1 unspecified atom stereocenters. The van der Waals surface area contributed by atoms with Gasteiger partial charge in [0, 0.05) is 17.7 Å². The highest BCUT2D eigenvalue weighted by atomic mass is 16.7. The van der Waals surface area contributed by atoms with E-state index in [-0.39, 0.29) is 29.8 Å². The lowest BCUT2D eigenvalue weighted by Crippen LogP contribution is -2.29. The maximum Gasteiger partial charge on any atom is 0.266 e. The number of allylic oxidation sites excluding steroid dienone is 1. The van der Waals surface area contributed by atoms with E-state index in [1.54, 1.807) is 18.2 Å². The second kappa shape index (κ2) is 5.87. The number of Topliss-reactive ketones (excluding diaryl/α,β-unsaturated/α-hetero) is 1. The largest absolute Gasteiger partial charge is 0.511 e.